The lowest BCUT2D eigenvalue weighted by Crippen LogP contribution is -2.06. The van der Waals surface area contributed by atoms with Gasteiger partial charge in [0, 0.05) is 0 Å². The maximum atomic E-state index is 9.47. The van der Waals surface area contributed by atoms with Crippen molar-refractivity contribution in [3.05, 3.63) is 0 Å². The van der Waals surface area contributed by atoms with Crippen molar-refractivity contribution >= 4 is 0 Å². The Morgan fingerprint density at radius 3 is 2.55 bits per heavy atom. The van der Waals surface area contributed by atoms with Crippen molar-refractivity contribution in [2.24, 2.45) is 11.8 Å². The zero-order chi connectivity index (χ0) is 8.27. The van der Waals surface area contributed by atoms with Gasteiger partial charge in [-0.15, -0.1) is 0 Å². The molecule has 0 aromatic heterocycles. The molecular formula is C10H20O. The van der Waals surface area contributed by atoms with Gasteiger partial charge in [0.2, 0.25) is 0 Å². The van der Waals surface area contributed by atoms with Crippen LogP contribution in [0.15, 0.2) is 0 Å². The molecule has 1 nitrogen and oxygen atoms in total. The number of rotatable bonds is 5. The topological polar surface area (TPSA) is 20.2 Å². The van der Waals surface area contributed by atoms with Gasteiger partial charge in [-0.3, -0.25) is 0 Å². The summed E-state index contributed by atoms with van der Waals surface area (Å²) in [6.45, 7) is 4.38. The summed E-state index contributed by atoms with van der Waals surface area (Å²) < 4.78 is 0. The number of hydrogen-bond acceptors (Lipinski definition) is 1. The van der Waals surface area contributed by atoms with Gasteiger partial charge < -0.3 is 5.11 Å². The fourth-order valence-corrected chi connectivity index (χ4v) is 1.90. The van der Waals surface area contributed by atoms with E-state index in [0.29, 0.717) is 0 Å². The van der Waals surface area contributed by atoms with Gasteiger partial charge in [0.15, 0.2) is 0 Å². The first-order valence-corrected chi connectivity index (χ1v) is 4.96. The Bertz CT molecular complexity index is 111. The molecule has 1 heteroatoms. The van der Waals surface area contributed by atoms with E-state index in [4.69, 9.17) is 0 Å². The molecule has 0 spiro atoms. The third kappa shape index (κ3) is 2.82. The average molecular weight is 156 g/mol. The van der Waals surface area contributed by atoms with E-state index in [9.17, 15) is 5.11 Å². The number of aliphatic hydroxyl groups excluding tert-OH is 1. The number of hydrogen-bond donors (Lipinski definition) is 1. The van der Waals surface area contributed by atoms with E-state index in [1.54, 1.807) is 0 Å². The molecule has 0 bridgehead atoms. The Hall–Kier alpha value is -0.0400. The molecule has 0 radical (unpaired) electrons. The van der Waals surface area contributed by atoms with Crippen molar-refractivity contribution in [1.82, 2.24) is 0 Å². The summed E-state index contributed by atoms with van der Waals surface area (Å²) in [5.41, 5.74) is 0. The Balaban J connectivity index is 2.03. The van der Waals surface area contributed by atoms with Gasteiger partial charge in [-0.2, -0.15) is 0 Å². The summed E-state index contributed by atoms with van der Waals surface area (Å²) in [5, 5.41) is 9.47. The van der Waals surface area contributed by atoms with Crippen molar-refractivity contribution in [3.8, 4) is 0 Å². The molecule has 66 valence electrons. The Kier molecular flexibility index (Phi) is 3.38. The summed E-state index contributed by atoms with van der Waals surface area (Å²) >= 11 is 0. The predicted molar refractivity (Wildman–Crippen MR) is 47.4 cm³/mol. The molecule has 0 amide bonds. The molecule has 3 unspecified atom stereocenters. The molecule has 1 aliphatic carbocycles. The van der Waals surface area contributed by atoms with Crippen LogP contribution in [0.1, 0.15) is 46.0 Å². The molecule has 1 N–H and O–H groups in total. The van der Waals surface area contributed by atoms with E-state index >= 15 is 0 Å². The van der Waals surface area contributed by atoms with Crippen LogP contribution in [0.25, 0.3) is 0 Å². The van der Waals surface area contributed by atoms with E-state index in [1.807, 2.05) is 0 Å². The van der Waals surface area contributed by atoms with E-state index in [2.05, 4.69) is 13.8 Å². The maximum absolute atomic E-state index is 9.47. The third-order valence-electron chi connectivity index (χ3n) is 2.79. The zero-order valence-electron chi connectivity index (χ0n) is 7.71. The second kappa shape index (κ2) is 4.10. The fraction of sp³-hybridized carbons (Fsp3) is 1.00. The molecule has 0 aliphatic heterocycles. The van der Waals surface area contributed by atoms with Crippen LogP contribution in [0.3, 0.4) is 0 Å². The van der Waals surface area contributed by atoms with Gasteiger partial charge in [-0.05, 0) is 31.1 Å². The van der Waals surface area contributed by atoms with Gasteiger partial charge in [0.1, 0.15) is 0 Å². The van der Waals surface area contributed by atoms with Crippen molar-refractivity contribution in [1.29, 1.82) is 0 Å². The normalized spacial score (nSPS) is 31.9. The average Bonchev–Trinajstić information content (AvgIpc) is 2.68. The van der Waals surface area contributed by atoms with Crippen LogP contribution in [-0.2, 0) is 0 Å². The minimum atomic E-state index is -0.0125. The molecule has 0 aromatic rings. The van der Waals surface area contributed by atoms with Gasteiger partial charge in [-0.1, -0.05) is 26.7 Å². The zero-order valence-corrected chi connectivity index (χ0v) is 7.71. The lowest BCUT2D eigenvalue weighted by atomic mass is 10.1. The molecular weight excluding hydrogens is 136 g/mol. The molecule has 1 rings (SSSR count). The SMILES string of the molecule is CCCC(O)CC1CC1CC. The summed E-state index contributed by atoms with van der Waals surface area (Å²) in [6.07, 6.45) is 5.84. The Labute approximate surface area is 69.8 Å². The van der Waals surface area contributed by atoms with E-state index in [1.165, 1.54) is 12.8 Å². The Morgan fingerprint density at radius 1 is 1.36 bits per heavy atom. The Morgan fingerprint density at radius 2 is 2.09 bits per heavy atom. The first-order chi connectivity index (χ1) is 5.27. The maximum Gasteiger partial charge on any atom is 0.0542 e. The second-order valence-corrected chi connectivity index (χ2v) is 3.84. The van der Waals surface area contributed by atoms with Crippen molar-refractivity contribution in [3.63, 3.8) is 0 Å². The van der Waals surface area contributed by atoms with Gasteiger partial charge in [0.25, 0.3) is 0 Å². The van der Waals surface area contributed by atoms with Gasteiger partial charge >= 0.3 is 0 Å². The van der Waals surface area contributed by atoms with Crippen LogP contribution >= 0.6 is 0 Å². The van der Waals surface area contributed by atoms with Crippen LogP contribution < -0.4 is 0 Å². The molecule has 1 aliphatic rings. The highest BCUT2D eigenvalue weighted by atomic mass is 16.3. The van der Waals surface area contributed by atoms with Crippen LogP contribution in [-0.4, -0.2) is 11.2 Å². The van der Waals surface area contributed by atoms with Crippen molar-refractivity contribution in [2.45, 2.75) is 52.1 Å². The predicted octanol–water partition coefficient (Wildman–Crippen LogP) is 2.58. The van der Waals surface area contributed by atoms with Gasteiger partial charge in [-0.25, -0.2) is 0 Å². The second-order valence-electron chi connectivity index (χ2n) is 3.84. The summed E-state index contributed by atoms with van der Waals surface area (Å²) in [4.78, 5) is 0. The van der Waals surface area contributed by atoms with Crippen molar-refractivity contribution < 1.29 is 5.11 Å². The van der Waals surface area contributed by atoms with E-state index in [-0.39, 0.29) is 6.10 Å². The van der Waals surface area contributed by atoms with Crippen LogP contribution in [0.4, 0.5) is 0 Å². The van der Waals surface area contributed by atoms with Crippen LogP contribution in [0.2, 0.25) is 0 Å². The van der Waals surface area contributed by atoms with Crippen LogP contribution in [0, 0.1) is 11.8 Å². The third-order valence-corrected chi connectivity index (χ3v) is 2.79. The van der Waals surface area contributed by atoms with Crippen molar-refractivity contribution in [2.75, 3.05) is 0 Å². The molecule has 11 heavy (non-hydrogen) atoms. The molecule has 0 heterocycles. The standard InChI is InChI=1S/C10H20O/c1-3-5-10(11)7-9-6-8(9)4-2/h8-11H,3-7H2,1-2H3. The summed E-state index contributed by atoms with van der Waals surface area (Å²) in [7, 11) is 0. The highest BCUT2D eigenvalue weighted by molar-refractivity contribution is 4.86. The van der Waals surface area contributed by atoms with Crippen LogP contribution in [0.5, 0.6) is 0 Å². The summed E-state index contributed by atoms with van der Waals surface area (Å²) in [6, 6.07) is 0. The largest absolute Gasteiger partial charge is 0.393 e. The highest BCUT2D eigenvalue weighted by Crippen LogP contribution is 2.44. The minimum absolute atomic E-state index is 0.0125. The summed E-state index contributed by atoms with van der Waals surface area (Å²) in [5.74, 6) is 1.81. The quantitative estimate of drug-likeness (QED) is 0.648. The van der Waals surface area contributed by atoms with E-state index in [0.717, 1.165) is 31.1 Å². The molecule has 0 aromatic carbocycles. The lowest BCUT2D eigenvalue weighted by Gasteiger charge is -2.07. The van der Waals surface area contributed by atoms with Gasteiger partial charge in [0.05, 0.1) is 6.10 Å². The first-order valence-electron chi connectivity index (χ1n) is 4.96. The van der Waals surface area contributed by atoms with E-state index < -0.39 is 0 Å². The molecule has 3 atom stereocenters. The fourth-order valence-electron chi connectivity index (χ4n) is 1.90. The lowest BCUT2D eigenvalue weighted by molar-refractivity contribution is 0.145. The molecule has 0 saturated heterocycles. The monoisotopic (exact) mass is 156 g/mol. The number of aliphatic hydroxyl groups is 1. The minimum Gasteiger partial charge on any atom is -0.393 e. The molecule has 1 fully saturated rings. The smallest absolute Gasteiger partial charge is 0.0542 e. The highest BCUT2D eigenvalue weighted by Gasteiger charge is 2.35. The first kappa shape index (κ1) is 9.05. The molecule has 1 saturated carbocycles.